The minimum atomic E-state index is -0.383. The standard InChI is InChI=1S/C27H35N5O2S/c1-17-14-18(2)23(19(3)15-17)30-25(33)24-20(4)28-27(35-24)31-26(34)29-22-10-12-32(13-11-22)16-21-8-6-5-7-9-21/h5-9,14-15,20,22,24H,10-13,16H2,1-4H3,(H,30,33)(H2,28,29,31,34). The summed E-state index contributed by atoms with van der Waals surface area (Å²) in [4.78, 5) is 32.5. The normalized spacial score (nSPS) is 20.9. The first-order chi connectivity index (χ1) is 16.8. The number of aryl methyl sites for hydroxylation is 3. The molecule has 3 amide bonds. The molecule has 0 radical (unpaired) electrons. The van der Waals surface area contributed by atoms with E-state index >= 15 is 0 Å². The molecule has 4 rings (SSSR count). The molecule has 2 aliphatic rings. The number of thioether (sulfide) groups is 1. The lowest BCUT2D eigenvalue weighted by molar-refractivity contribution is -0.115. The van der Waals surface area contributed by atoms with Gasteiger partial charge in [-0.1, -0.05) is 59.8 Å². The molecule has 186 valence electrons. The van der Waals surface area contributed by atoms with Gasteiger partial charge >= 0.3 is 6.03 Å². The molecule has 2 aromatic carbocycles. The van der Waals surface area contributed by atoms with Gasteiger partial charge in [-0.15, -0.1) is 0 Å². The number of carbonyl (C=O) groups excluding carboxylic acids is 2. The number of hydrogen-bond donors (Lipinski definition) is 3. The van der Waals surface area contributed by atoms with Crippen molar-refractivity contribution >= 4 is 34.6 Å². The van der Waals surface area contributed by atoms with Crippen molar-refractivity contribution in [3.8, 4) is 0 Å². The van der Waals surface area contributed by atoms with E-state index in [4.69, 9.17) is 0 Å². The summed E-state index contributed by atoms with van der Waals surface area (Å²) in [7, 11) is 0. The number of urea groups is 1. The Hall–Kier alpha value is -2.84. The van der Waals surface area contributed by atoms with E-state index < -0.39 is 0 Å². The number of rotatable bonds is 5. The maximum Gasteiger partial charge on any atom is 0.321 e. The quantitative estimate of drug-likeness (QED) is 0.577. The predicted molar refractivity (Wildman–Crippen MR) is 144 cm³/mol. The van der Waals surface area contributed by atoms with Gasteiger partial charge < -0.3 is 10.6 Å². The molecule has 8 heteroatoms. The summed E-state index contributed by atoms with van der Waals surface area (Å²) < 4.78 is 0. The van der Waals surface area contributed by atoms with Crippen LogP contribution in [0, 0.1) is 20.8 Å². The van der Waals surface area contributed by atoms with Crippen LogP contribution in [0.3, 0.4) is 0 Å². The number of amides is 3. The van der Waals surface area contributed by atoms with E-state index in [1.165, 1.54) is 22.9 Å². The molecule has 0 aromatic heterocycles. The Kier molecular flexibility index (Phi) is 8.13. The van der Waals surface area contributed by atoms with Crippen LogP contribution in [0.5, 0.6) is 0 Å². The summed E-state index contributed by atoms with van der Waals surface area (Å²) in [5, 5.41) is 9.12. The Balaban J connectivity index is 1.23. The summed E-state index contributed by atoms with van der Waals surface area (Å²) in [5.74, 6) is -0.0932. The zero-order valence-electron chi connectivity index (χ0n) is 20.9. The number of nitrogens with one attached hydrogen (secondary N) is 3. The molecule has 0 saturated carbocycles. The number of amidine groups is 1. The minimum Gasteiger partial charge on any atom is -0.335 e. The summed E-state index contributed by atoms with van der Waals surface area (Å²) in [6.45, 7) is 10.8. The second-order valence-corrected chi connectivity index (χ2v) is 10.7. The maximum atomic E-state index is 13.0. The van der Waals surface area contributed by atoms with Gasteiger partial charge in [-0.3, -0.25) is 20.0 Å². The number of aliphatic imine (C=N–C) groups is 1. The van der Waals surface area contributed by atoms with Crippen molar-refractivity contribution in [2.45, 2.75) is 64.4 Å². The number of carbonyl (C=O) groups is 2. The number of hydrogen-bond acceptors (Lipinski definition) is 5. The molecule has 3 N–H and O–H groups in total. The van der Waals surface area contributed by atoms with Crippen molar-refractivity contribution in [2.24, 2.45) is 4.99 Å². The van der Waals surface area contributed by atoms with Gasteiger partial charge in [0.15, 0.2) is 5.17 Å². The minimum absolute atomic E-state index is 0.0932. The zero-order valence-corrected chi connectivity index (χ0v) is 21.7. The molecular weight excluding hydrogens is 458 g/mol. The molecule has 2 aromatic rings. The Morgan fingerprint density at radius 2 is 1.69 bits per heavy atom. The van der Waals surface area contributed by atoms with Gasteiger partial charge in [0.25, 0.3) is 0 Å². The van der Waals surface area contributed by atoms with E-state index in [0.29, 0.717) is 5.17 Å². The smallest absolute Gasteiger partial charge is 0.321 e. The molecule has 2 unspecified atom stereocenters. The SMILES string of the molecule is Cc1cc(C)c(NC(=O)C2SC(NC(=O)NC3CCN(Cc4ccccc4)CC3)=NC2C)c(C)c1. The van der Waals surface area contributed by atoms with E-state index in [1.807, 2.05) is 33.8 Å². The average molecular weight is 494 g/mol. The summed E-state index contributed by atoms with van der Waals surface area (Å²) in [6, 6.07) is 14.3. The second-order valence-electron chi connectivity index (χ2n) is 9.61. The molecule has 1 saturated heterocycles. The fourth-order valence-corrected chi connectivity index (χ4v) is 5.85. The zero-order chi connectivity index (χ0) is 24.9. The van der Waals surface area contributed by atoms with Crippen LogP contribution in [0.15, 0.2) is 47.5 Å². The molecule has 35 heavy (non-hydrogen) atoms. The second kappa shape index (κ2) is 11.3. The van der Waals surface area contributed by atoms with Gasteiger partial charge in [0.2, 0.25) is 5.91 Å². The summed E-state index contributed by atoms with van der Waals surface area (Å²) in [6.07, 6.45) is 1.83. The number of piperidine rings is 1. The first-order valence-corrected chi connectivity index (χ1v) is 13.1. The van der Waals surface area contributed by atoms with Crippen LogP contribution in [0.4, 0.5) is 10.5 Å². The van der Waals surface area contributed by atoms with Crippen LogP contribution in [0.2, 0.25) is 0 Å². The van der Waals surface area contributed by atoms with Crippen molar-refractivity contribution in [1.29, 1.82) is 0 Å². The fourth-order valence-electron chi connectivity index (χ4n) is 4.80. The average Bonchev–Trinajstić information content (AvgIpc) is 3.18. The lowest BCUT2D eigenvalue weighted by Gasteiger charge is -2.32. The molecule has 0 bridgehead atoms. The van der Waals surface area contributed by atoms with Crippen molar-refractivity contribution in [3.05, 3.63) is 64.7 Å². The topological polar surface area (TPSA) is 85.8 Å². The van der Waals surface area contributed by atoms with E-state index in [2.05, 4.69) is 62.2 Å². The van der Waals surface area contributed by atoms with E-state index in [-0.39, 0.29) is 29.3 Å². The number of likely N-dealkylation sites (tertiary alicyclic amines) is 1. The van der Waals surface area contributed by atoms with Crippen LogP contribution in [-0.4, -0.2) is 52.4 Å². The lowest BCUT2D eigenvalue weighted by atomic mass is 10.0. The van der Waals surface area contributed by atoms with Crippen LogP contribution < -0.4 is 16.0 Å². The van der Waals surface area contributed by atoms with E-state index in [0.717, 1.165) is 49.3 Å². The Bertz CT molecular complexity index is 1070. The van der Waals surface area contributed by atoms with Gasteiger partial charge in [0, 0.05) is 31.4 Å². The van der Waals surface area contributed by atoms with Crippen molar-refractivity contribution in [2.75, 3.05) is 18.4 Å². The molecule has 7 nitrogen and oxygen atoms in total. The Labute approximate surface area is 212 Å². The third-order valence-electron chi connectivity index (χ3n) is 6.57. The number of anilines is 1. The molecule has 0 aliphatic carbocycles. The summed E-state index contributed by atoms with van der Waals surface area (Å²) >= 11 is 1.31. The van der Waals surface area contributed by atoms with Crippen LogP contribution in [0.25, 0.3) is 0 Å². The number of benzene rings is 2. The molecule has 1 fully saturated rings. The van der Waals surface area contributed by atoms with Gasteiger partial charge in [-0.25, -0.2) is 4.79 Å². The van der Waals surface area contributed by atoms with E-state index in [9.17, 15) is 9.59 Å². The molecular formula is C27H35N5O2S. The lowest BCUT2D eigenvalue weighted by Crippen LogP contribution is -2.48. The van der Waals surface area contributed by atoms with E-state index in [1.54, 1.807) is 0 Å². The third kappa shape index (κ3) is 6.64. The van der Waals surface area contributed by atoms with Crippen molar-refractivity contribution in [1.82, 2.24) is 15.5 Å². The largest absolute Gasteiger partial charge is 0.335 e. The van der Waals surface area contributed by atoms with Crippen LogP contribution in [-0.2, 0) is 11.3 Å². The fraction of sp³-hybridized carbons (Fsp3) is 0.444. The highest BCUT2D eigenvalue weighted by atomic mass is 32.2. The molecule has 2 atom stereocenters. The van der Waals surface area contributed by atoms with Crippen molar-refractivity contribution < 1.29 is 9.59 Å². The van der Waals surface area contributed by atoms with Gasteiger partial charge in [0.05, 0.1) is 6.04 Å². The first kappa shape index (κ1) is 25.3. The summed E-state index contributed by atoms with van der Waals surface area (Å²) in [5.41, 5.74) is 5.42. The molecule has 0 spiro atoms. The van der Waals surface area contributed by atoms with Gasteiger partial charge in [0.1, 0.15) is 5.25 Å². The van der Waals surface area contributed by atoms with Gasteiger partial charge in [-0.2, -0.15) is 0 Å². The number of nitrogens with zero attached hydrogens (tertiary/aromatic N) is 2. The Morgan fingerprint density at radius 1 is 1.03 bits per heavy atom. The highest BCUT2D eigenvalue weighted by Gasteiger charge is 2.34. The first-order valence-electron chi connectivity index (χ1n) is 12.3. The van der Waals surface area contributed by atoms with Crippen LogP contribution in [0.1, 0.15) is 42.0 Å². The van der Waals surface area contributed by atoms with Crippen LogP contribution >= 0.6 is 11.8 Å². The third-order valence-corrected chi connectivity index (χ3v) is 7.87. The maximum absolute atomic E-state index is 13.0. The predicted octanol–water partition coefficient (Wildman–Crippen LogP) is 4.37. The highest BCUT2D eigenvalue weighted by molar-refractivity contribution is 8.15. The Morgan fingerprint density at radius 3 is 2.34 bits per heavy atom. The highest BCUT2D eigenvalue weighted by Crippen LogP contribution is 2.29. The van der Waals surface area contributed by atoms with Gasteiger partial charge in [-0.05, 0) is 57.2 Å². The molecule has 2 heterocycles. The monoisotopic (exact) mass is 493 g/mol. The molecule has 2 aliphatic heterocycles. The van der Waals surface area contributed by atoms with Crippen molar-refractivity contribution in [3.63, 3.8) is 0 Å².